The number of anilines is 1. The Balaban J connectivity index is 2.72. The van der Waals surface area contributed by atoms with Crippen LogP contribution in [0.1, 0.15) is 5.56 Å². The number of aliphatic carboxylic acids is 1. The highest BCUT2D eigenvalue weighted by Crippen LogP contribution is 2.16. The number of nitrogens with zero attached hydrogens (tertiary/aromatic N) is 1. The summed E-state index contributed by atoms with van der Waals surface area (Å²) in [7, 11) is 0. The molecule has 1 aromatic rings. The number of carbonyl (C=O) groups is 1. The number of halogens is 2. The molecular weight excluding hydrogens is 350 g/mol. The van der Waals surface area contributed by atoms with Crippen LogP contribution in [-0.4, -0.2) is 34.8 Å². The number of carboxylic acids is 1. The fraction of sp³-hybridized carbons (Fsp3) is 0.417. The Hall–Kier alpha value is -0.550. The molecule has 0 atom stereocenters. The summed E-state index contributed by atoms with van der Waals surface area (Å²) in [6.07, 6.45) is 0.0805. The van der Waals surface area contributed by atoms with Crippen LogP contribution < -0.4 is 4.90 Å². The van der Waals surface area contributed by atoms with Gasteiger partial charge < -0.3 is 10.0 Å². The molecule has 0 aliphatic carbocycles. The van der Waals surface area contributed by atoms with E-state index in [9.17, 15) is 4.79 Å². The smallest absolute Gasteiger partial charge is 0.307 e. The van der Waals surface area contributed by atoms with Crippen molar-refractivity contribution in [3.63, 3.8) is 0 Å². The Kier molecular flexibility index (Phi) is 6.58. The van der Waals surface area contributed by atoms with Crippen LogP contribution in [0.3, 0.4) is 0 Å². The van der Waals surface area contributed by atoms with Gasteiger partial charge in [0.25, 0.3) is 0 Å². The summed E-state index contributed by atoms with van der Waals surface area (Å²) in [5.41, 5.74) is 1.96. The second kappa shape index (κ2) is 7.71. The van der Waals surface area contributed by atoms with Crippen LogP contribution in [-0.2, 0) is 11.2 Å². The normalized spacial score (nSPS) is 10.2. The predicted octanol–water partition coefficient (Wildman–Crippen LogP) is 2.91. The molecule has 17 heavy (non-hydrogen) atoms. The average Bonchev–Trinajstić information content (AvgIpc) is 2.29. The van der Waals surface area contributed by atoms with Gasteiger partial charge in [0.05, 0.1) is 6.42 Å². The minimum absolute atomic E-state index is 0.0805. The van der Waals surface area contributed by atoms with E-state index < -0.39 is 5.97 Å². The number of hydrogen-bond acceptors (Lipinski definition) is 2. The Labute approximate surface area is 118 Å². The van der Waals surface area contributed by atoms with E-state index in [1.54, 1.807) is 0 Å². The first-order chi connectivity index (χ1) is 8.17. The lowest BCUT2D eigenvalue weighted by Crippen LogP contribution is -2.27. The van der Waals surface area contributed by atoms with Crippen LogP contribution in [0, 0.1) is 0 Å². The quantitative estimate of drug-likeness (QED) is 0.756. The summed E-state index contributed by atoms with van der Waals surface area (Å²) in [5.74, 6) is -0.796. The largest absolute Gasteiger partial charge is 0.481 e. The Morgan fingerprint density at radius 1 is 1.12 bits per heavy atom. The first kappa shape index (κ1) is 14.5. The van der Waals surface area contributed by atoms with Gasteiger partial charge in [0.2, 0.25) is 0 Å². The van der Waals surface area contributed by atoms with Gasteiger partial charge in [0.15, 0.2) is 0 Å². The fourth-order valence-corrected chi connectivity index (χ4v) is 2.43. The maximum atomic E-state index is 10.6. The Bertz CT molecular complexity index is 348. The van der Waals surface area contributed by atoms with Gasteiger partial charge in [-0.25, -0.2) is 0 Å². The molecule has 0 saturated carbocycles. The number of carboxylic acid groups (broad SMARTS) is 1. The van der Waals surface area contributed by atoms with Crippen molar-refractivity contribution in [2.45, 2.75) is 6.42 Å². The number of alkyl halides is 2. The molecular formula is C12H15Br2NO2. The van der Waals surface area contributed by atoms with E-state index in [1.807, 2.05) is 24.3 Å². The summed E-state index contributed by atoms with van der Waals surface area (Å²) in [5, 5.41) is 10.5. The van der Waals surface area contributed by atoms with E-state index in [0.29, 0.717) is 0 Å². The van der Waals surface area contributed by atoms with Crippen molar-refractivity contribution in [3.05, 3.63) is 29.8 Å². The third kappa shape index (κ3) is 5.08. The molecule has 0 aromatic heterocycles. The standard InChI is InChI=1S/C12H15Br2NO2/c13-5-7-15(8-6-14)11-3-1-10(2-4-11)9-12(16)17/h1-4H,5-9H2,(H,16,17). The molecule has 0 amide bonds. The Morgan fingerprint density at radius 2 is 1.65 bits per heavy atom. The molecule has 94 valence electrons. The van der Waals surface area contributed by atoms with Crippen molar-refractivity contribution in [2.24, 2.45) is 0 Å². The number of hydrogen-bond donors (Lipinski definition) is 1. The number of benzene rings is 1. The van der Waals surface area contributed by atoms with Crippen molar-refractivity contribution < 1.29 is 9.90 Å². The molecule has 3 nitrogen and oxygen atoms in total. The van der Waals surface area contributed by atoms with E-state index in [4.69, 9.17) is 5.11 Å². The molecule has 5 heteroatoms. The molecule has 0 unspecified atom stereocenters. The van der Waals surface area contributed by atoms with Crippen LogP contribution in [0.15, 0.2) is 24.3 Å². The maximum Gasteiger partial charge on any atom is 0.307 e. The second-order valence-electron chi connectivity index (χ2n) is 3.60. The molecule has 0 saturated heterocycles. The fourth-order valence-electron chi connectivity index (χ4n) is 1.57. The first-order valence-electron chi connectivity index (χ1n) is 5.35. The minimum atomic E-state index is -0.796. The summed E-state index contributed by atoms with van der Waals surface area (Å²) < 4.78 is 0. The lowest BCUT2D eigenvalue weighted by atomic mass is 10.1. The third-order valence-corrected chi connectivity index (χ3v) is 3.07. The summed E-state index contributed by atoms with van der Waals surface area (Å²) in [4.78, 5) is 12.8. The summed E-state index contributed by atoms with van der Waals surface area (Å²) in [6, 6.07) is 7.70. The highest BCUT2D eigenvalue weighted by Gasteiger charge is 2.06. The molecule has 1 rings (SSSR count). The molecule has 0 aliphatic heterocycles. The van der Waals surface area contributed by atoms with Crippen LogP contribution >= 0.6 is 31.9 Å². The monoisotopic (exact) mass is 363 g/mol. The molecule has 0 fully saturated rings. The van der Waals surface area contributed by atoms with Crippen molar-refractivity contribution in [3.8, 4) is 0 Å². The van der Waals surface area contributed by atoms with E-state index in [0.717, 1.165) is 35.0 Å². The predicted molar refractivity (Wildman–Crippen MR) is 77.6 cm³/mol. The van der Waals surface area contributed by atoms with Gasteiger partial charge in [-0.15, -0.1) is 0 Å². The van der Waals surface area contributed by atoms with Crippen molar-refractivity contribution in [1.29, 1.82) is 0 Å². The summed E-state index contributed by atoms with van der Waals surface area (Å²) in [6.45, 7) is 1.87. The van der Waals surface area contributed by atoms with E-state index in [1.165, 1.54) is 0 Å². The topological polar surface area (TPSA) is 40.5 Å². The van der Waals surface area contributed by atoms with Crippen LogP contribution in [0.4, 0.5) is 5.69 Å². The molecule has 0 bridgehead atoms. The zero-order valence-corrected chi connectivity index (χ0v) is 12.6. The average molecular weight is 365 g/mol. The SMILES string of the molecule is O=C(O)Cc1ccc(N(CCBr)CCBr)cc1. The van der Waals surface area contributed by atoms with Crippen LogP contribution in [0.25, 0.3) is 0 Å². The highest BCUT2D eigenvalue weighted by molar-refractivity contribution is 9.09. The van der Waals surface area contributed by atoms with E-state index in [2.05, 4.69) is 36.8 Å². The molecule has 1 aromatic carbocycles. The van der Waals surface area contributed by atoms with E-state index in [-0.39, 0.29) is 6.42 Å². The Morgan fingerprint density at radius 3 is 2.06 bits per heavy atom. The molecule has 0 heterocycles. The van der Waals surface area contributed by atoms with Gasteiger partial charge in [0, 0.05) is 29.4 Å². The lowest BCUT2D eigenvalue weighted by Gasteiger charge is -2.23. The summed E-state index contributed by atoms with van der Waals surface area (Å²) >= 11 is 6.86. The van der Waals surface area contributed by atoms with Gasteiger partial charge in [-0.05, 0) is 17.7 Å². The molecule has 0 aliphatic rings. The minimum Gasteiger partial charge on any atom is -0.481 e. The number of rotatable bonds is 7. The molecule has 0 spiro atoms. The van der Waals surface area contributed by atoms with Gasteiger partial charge in [-0.2, -0.15) is 0 Å². The van der Waals surface area contributed by atoms with Crippen LogP contribution in [0.5, 0.6) is 0 Å². The lowest BCUT2D eigenvalue weighted by molar-refractivity contribution is -0.136. The second-order valence-corrected chi connectivity index (χ2v) is 5.19. The van der Waals surface area contributed by atoms with Crippen molar-refractivity contribution in [2.75, 3.05) is 28.6 Å². The zero-order valence-electron chi connectivity index (χ0n) is 9.40. The maximum absolute atomic E-state index is 10.6. The third-order valence-electron chi connectivity index (χ3n) is 2.37. The van der Waals surface area contributed by atoms with Gasteiger partial charge in [-0.3, -0.25) is 4.79 Å². The molecule has 0 radical (unpaired) electrons. The van der Waals surface area contributed by atoms with Gasteiger partial charge in [0.1, 0.15) is 0 Å². The zero-order chi connectivity index (χ0) is 12.7. The van der Waals surface area contributed by atoms with Crippen LogP contribution in [0.2, 0.25) is 0 Å². The van der Waals surface area contributed by atoms with Crippen molar-refractivity contribution >= 4 is 43.5 Å². The van der Waals surface area contributed by atoms with Crippen molar-refractivity contribution in [1.82, 2.24) is 0 Å². The first-order valence-corrected chi connectivity index (χ1v) is 7.59. The van der Waals surface area contributed by atoms with E-state index >= 15 is 0 Å². The highest BCUT2D eigenvalue weighted by atomic mass is 79.9. The van der Waals surface area contributed by atoms with Gasteiger partial charge in [-0.1, -0.05) is 44.0 Å². The molecule has 1 N–H and O–H groups in total. The van der Waals surface area contributed by atoms with Gasteiger partial charge >= 0.3 is 5.97 Å².